The number of benzene rings is 2. The fourth-order valence-electron chi connectivity index (χ4n) is 3.40. The van der Waals surface area contributed by atoms with Crippen LogP contribution < -0.4 is 14.8 Å². The van der Waals surface area contributed by atoms with Crippen LogP contribution in [-0.4, -0.2) is 36.7 Å². The molecule has 0 aliphatic rings. The summed E-state index contributed by atoms with van der Waals surface area (Å²) in [6, 6.07) is 16.6. The molecule has 34 heavy (non-hydrogen) atoms. The number of nitrogens with zero attached hydrogens (tertiary/aromatic N) is 2. The van der Waals surface area contributed by atoms with Gasteiger partial charge in [-0.1, -0.05) is 30.3 Å². The molecule has 0 aliphatic heterocycles. The third kappa shape index (κ3) is 4.86. The molecule has 0 fully saturated rings. The molecule has 0 radical (unpaired) electrons. The fourth-order valence-corrected chi connectivity index (χ4v) is 4.03. The largest absolute Gasteiger partial charge is 0.487 e. The number of nitrogens with one attached hydrogen (secondary N) is 2. The Morgan fingerprint density at radius 3 is 2.47 bits per heavy atom. The van der Waals surface area contributed by atoms with Crippen LogP contribution in [-0.2, 0) is 16.6 Å². The van der Waals surface area contributed by atoms with Crippen molar-refractivity contribution >= 4 is 27.1 Å². The maximum absolute atomic E-state index is 13.5. The van der Waals surface area contributed by atoms with E-state index in [0.717, 1.165) is 5.56 Å². The van der Waals surface area contributed by atoms with Crippen molar-refractivity contribution in [2.75, 3.05) is 17.5 Å². The first kappa shape index (κ1) is 23.2. The number of carbonyl (C=O) groups is 1. The Labute approximate surface area is 196 Å². The van der Waals surface area contributed by atoms with E-state index < -0.39 is 21.7 Å². The Kier molecular flexibility index (Phi) is 6.51. The van der Waals surface area contributed by atoms with E-state index in [2.05, 4.69) is 15.1 Å². The second-order valence-electron chi connectivity index (χ2n) is 7.47. The summed E-state index contributed by atoms with van der Waals surface area (Å²) >= 11 is 0. The molecule has 0 saturated heterocycles. The van der Waals surface area contributed by atoms with E-state index in [1.165, 1.54) is 48.9 Å². The van der Waals surface area contributed by atoms with Crippen LogP contribution in [0.2, 0.25) is 0 Å². The highest BCUT2D eigenvalue weighted by atomic mass is 32.2. The predicted octanol–water partition coefficient (Wildman–Crippen LogP) is 3.84. The summed E-state index contributed by atoms with van der Waals surface area (Å²) in [5.41, 5.74) is 2.58. The molecule has 176 valence electrons. The Balaban J connectivity index is 1.88. The zero-order valence-corrected chi connectivity index (χ0v) is 19.4. The first-order valence-corrected chi connectivity index (χ1v) is 12.2. The summed E-state index contributed by atoms with van der Waals surface area (Å²) in [4.78, 5) is 12.8. The molecule has 0 bridgehead atoms. The normalized spacial score (nSPS) is 11.4. The minimum absolute atomic E-state index is 0.132. The molecule has 1 amide bonds. The predicted molar refractivity (Wildman–Crippen MR) is 128 cm³/mol. The summed E-state index contributed by atoms with van der Waals surface area (Å²) < 4.78 is 48.0. The molecular weight excluding hydrogens is 459 g/mol. The number of rotatable bonds is 8. The first-order valence-electron chi connectivity index (χ1n) is 10.5. The van der Waals surface area contributed by atoms with Gasteiger partial charge in [0.05, 0.1) is 23.0 Å². The third-order valence-corrected chi connectivity index (χ3v) is 6.48. The highest BCUT2D eigenvalue weighted by Gasteiger charge is 2.23. The number of aromatic nitrogens is 2. The van der Waals surface area contributed by atoms with Gasteiger partial charge >= 0.3 is 0 Å². The van der Waals surface area contributed by atoms with Crippen molar-refractivity contribution in [3.63, 3.8) is 0 Å². The van der Waals surface area contributed by atoms with Gasteiger partial charge in [-0.2, -0.15) is 5.10 Å². The average molecular weight is 483 g/mol. The average Bonchev–Trinajstić information content (AvgIpc) is 3.21. The van der Waals surface area contributed by atoms with E-state index in [9.17, 15) is 17.6 Å². The van der Waals surface area contributed by atoms with Crippen molar-refractivity contribution in [3.8, 4) is 17.0 Å². The maximum atomic E-state index is 13.5. The minimum Gasteiger partial charge on any atom is -0.487 e. The van der Waals surface area contributed by atoms with E-state index in [0.29, 0.717) is 16.8 Å². The Morgan fingerprint density at radius 1 is 1.12 bits per heavy atom. The van der Waals surface area contributed by atoms with Gasteiger partial charge in [0.25, 0.3) is 5.91 Å². The highest BCUT2D eigenvalue weighted by molar-refractivity contribution is 7.92. The van der Waals surface area contributed by atoms with E-state index in [1.54, 1.807) is 6.07 Å². The monoisotopic (exact) mass is 482 g/mol. The molecule has 0 unspecified atom stereocenters. The SMILES string of the molecule is CCS(=O)(=O)Nc1cn2nc(-c3ccc(F)cc3)c(C(=O)NC)c2cc1OCc1ccccc1. The van der Waals surface area contributed by atoms with Gasteiger partial charge in [0, 0.05) is 18.7 Å². The number of sulfonamides is 1. The lowest BCUT2D eigenvalue weighted by Crippen LogP contribution is -2.18. The lowest BCUT2D eigenvalue weighted by molar-refractivity contribution is 0.0965. The molecule has 4 aromatic rings. The van der Waals surface area contributed by atoms with E-state index >= 15 is 0 Å². The summed E-state index contributed by atoms with van der Waals surface area (Å²) in [6.07, 6.45) is 1.46. The molecule has 2 N–H and O–H groups in total. The van der Waals surface area contributed by atoms with E-state index in [-0.39, 0.29) is 29.4 Å². The Bertz CT molecular complexity index is 1440. The zero-order chi connectivity index (χ0) is 24.3. The fraction of sp³-hybridized carbons (Fsp3) is 0.167. The topological polar surface area (TPSA) is 102 Å². The first-order chi connectivity index (χ1) is 16.3. The summed E-state index contributed by atoms with van der Waals surface area (Å²) in [7, 11) is -2.12. The van der Waals surface area contributed by atoms with Crippen molar-refractivity contribution < 1.29 is 22.3 Å². The van der Waals surface area contributed by atoms with Crippen LogP contribution in [0.1, 0.15) is 22.8 Å². The Morgan fingerprint density at radius 2 is 1.82 bits per heavy atom. The number of hydrogen-bond acceptors (Lipinski definition) is 5. The molecule has 0 spiro atoms. The quantitative estimate of drug-likeness (QED) is 0.397. The van der Waals surface area contributed by atoms with Crippen LogP contribution in [0.3, 0.4) is 0 Å². The van der Waals surface area contributed by atoms with Gasteiger partial charge in [-0.3, -0.25) is 9.52 Å². The summed E-state index contributed by atoms with van der Waals surface area (Å²) in [6.45, 7) is 1.71. The van der Waals surface area contributed by atoms with Crippen LogP contribution >= 0.6 is 0 Å². The number of carbonyl (C=O) groups excluding carboxylic acids is 1. The lowest BCUT2D eigenvalue weighted by Gasteiger charge is -2.14. The highest BCUT2D eigenvalue weighted by Crippen LogP contribution is 2.33. The number of halogens is 1. The second kappa shape index (κ2) is 9.52. The van der Waals surface area contributed by atoms with Gasteiger partial charge in [0.2, 0.25) is 10.0 Å². The van der Waals surface area contributed by atoms with Gasteiger partial charge in [-0.05, 0) is 36.8 Å². The standard InChI is InChI=1S/C24H23FN4O4S/c1-3-34(31,32)28-19-14-29-20(13-21(19)33-15-16-7-5-4-6-8-16)22(24(30)26-2)23(27-29)17-9-11-18(25)12-10-17/h4-14,28H,3,15H2,1-2H3,(H,26,30). The van der Waals surface area contributed by atoms with E-state index in [4.69, 9.17) is 4.74 Å². The molecular formula is C24H23FN4O4S. The molecule has 2 aromatic carbocycles. The number of hydrogen-bond donors (Lipinski definition) is 2. The maximum Gasteiger partial charge on any atom is 0.255 e. The smallest absolute Gasteiger partial charge is 0.255 e. The zero-order valence-electron chi connectivity index (χ0n) is 18.6. The van der Waals surface area contributed by atoms with Gasteiger partial charge < -0.3 is 10.1 Å². The molecule has 8 nitrogen and oxygen atoms in total. The third-order valence-electron chi connectivity index (χ3n) is 5.19. The van der Waals surface area contributed by atoms with Crippen molar-refractivity contribution in [1.82, 2.24) is 14.9 Å². The van der Waals surface area contributed by atoms with Gasteiger partial charge in [0.15, 0.2) is 0 Å². The molecule has 2 heterocycles. The minimum atomic E-state index is -3.62. The number of fused-ring (bicyclic) bond motifs is 1. The molecule has 0 saturated carbocycles. The van der Waals surface area contributed by atoms with Crippen LogP contribution in [0.15, 0.2) is 66.9 Å². The molecule has 10 heteroatoms. The van der Waals surface area contributed by atoms with Crippen molar-refractivity contribution in [1.29, 1.82) is 0 Å². The van der Waals surface area contributed by atoms with Crippen LogP contribution in [0.5, 0.6) is 5.75 Å². The summed E-state index contributed by atoms with van der Waals surface area (Å²) in [5.74, 6) is -0.705. The lowest BCUT2D eigenvalue weighted by atomic mass is 10.1. The summed E-state index contributed by atoms with van der Waals surface area (Å²) in [5, 5.41) is 7.10. The van der Waals surface area contributed by atoms with Crippen molar-refractivity contribution in [2.45, 2.75) is 13.5 Å². The number of amides is 1. The van der Waals surface area contributed by atoms with Gasteiger partial charge in [-0.25, -0.2) is 17.3 Å². The molecule has 2 aromatic heterocycles. The van der Waals surface area contributed by atoms with Crippen LogP contribution in [0, 0.1) is 5.82 Å². The van der Waals surface area contributed by atoms with Gasteiger partial charge in [-0.15, -0.1) is 0 Å². The Hall–Kier alpha value is -3.92. The molecule has 0 aliphatic carbocycles. The number of ether oxygens (including phenoxy) is 1. The van der Waals surface area contributed by atoms with E-state index in [1.807, 2.05) is 30.3 Å². The molecule has 4 rings (SSSR count). The van der Waals surface area contributed by atoms with Gasteiger partial charge in [0.1, 0.15) is 29.6 Å². The van der Waals surface area contributed by atoms with Crippen LogP contribution in [0.4, 0.5) is 10.1 Å². The van der Waals surface area contributed by atoms with Crippen molar-refractivity contribution in [3.05, 3.63) is 83.8 Å². The number of pyridine rings is 1. The number of anilines is 1. The molecule has 0 atom stereocenters. The second-order valence-corrected chi connectivity index (χ2v) is 9.48. The van der Waals surface area contributed by atoms with Crippen LogP contribution in [0.25, 0.3) is 16.8 Å². The van der Waals surface area contributed by atoms with Crippen molar-refractivity contribution in [2.24, 2.45) is 0 Å².